The molecule has 9 nitrogen and oxygen atoms in total. The van der Waals surface area contributed by atoms with Crippen LogP contribution in [0.1, 0.15) is 47.2 Å². The highest BCUT2D eigenvalue weighted by Crippen LogP contribution is 2.31. The molecule has 3 aliphatic rings. The minimum Gasteiger partial charge on any atom is -0.486 e. The number of nitrogens with zero attached hydrogens (tertiary/aromatic N) is 1. The summed E-state index contributed by atoms with van der Waals surface area (Å²) in [5, 5.41) is 0. The summed E-state index contributed by atoms with van der Waals surface area (Å²) < 4.78 is 38.7. The summed E-state index contributed by atoms with van der Waals surface area (Å²) >= 11 is 0. The first-order valence-corrected chi connectivity index (χ1v) is 13.5. The number of rotatable bonds is 4. The van der Waals surface area contributed by atoms with Gasteiger partial charge in [-0.15, -0.1) is 0 Å². The summed E-state index contributed by atoms with van der Waals surface area (Å²) in [7, 11) is -3.60. The molecule has 0 radical (unpaired) electrons. The van der Waals surface area contributed by atoms with Crippen molar-refractivity contribution < 1.29 is 27.5 Å². The van der Waals surface area contributed by atoms with E-state index >= 15 is 0 Å². The van der Waals surface area contributed by atoms with Gasteiger partial charge in [0.25, 0.3) is 5.91 Å². The maximum atomic E-state index is 13.2. The smallest absolute Gasteiger partial charge is 0.269 e. The molecule has 2 N–H and O–H groups in total. The van der Waals surface area contributed by atoms with Crippen molar-refractivity contribution in [2.75, 3.05) is 26.3 Å². The Labute approximate surface area is 204 Å². The Morgan fingerprint density at radius 1 is 0.857 bits per heavy atom. The second kappa shape index (κ2) is 9.87. The minimum atomic E-state index is -3.60. The Morgan fingerprint density at radius 2 is 1.57 bits per heavy atom. The standard InChI is InChI=1S/C25H29N3O6S/c29-24(26-27-25(30)20-6-8-22-23(16-20)34-14-13-33-22)18-9-11-28(12-10-18)35(31,32)21-7-5-17-3-1-2-4-19(17)15-21/h5-8,15-16,18H,1-4,9-14H2,(H,26,29)(H,27,30). The Morgan fingerprint density at radius 3 is 2.34 bits per heavy atom. The summed E-state index contributed by atoms with van der Waals surface area (Å²) in [6.45, 7) is 1.39. The lowest BCUT2D eigenvalue weighted by Gasteiger charge is -2.31. The van der Waals surface area contributed by atoms with Crippen LogP contribution in [0, 0.1) is 5.92 Å². The third kappa shape index (κ3) is 4.99. The van der Waals surface area contributed by atoms with Gasteiger partial charge in [-0.25, -0.2) is 8.42 Å². The van der Waals surface area contributed by atoms with Crippen LogP contribution >= 0.6 is 0 Å². The highest BCUT2D eigenvalue weighted by Gasteiger charge is 2.32. The molecule has 5 rings (SSSR count). The number of ether oxygens (including phenoxy) is 2. The number of piperidine rings is 1. The molecule has 35 heavy (non-hydrogen) atoms. The van der Waals surface area contributed by atoms with E-state index in [1.54, 1.807) is 24.3 Å². The van der Waals surface area contributed by atoms with Gasteiger partial charge in [-0.1, -0.05) is 6.07 Å². The van der Waals surface area contributed by atoms with E-state index in [0.29, 0.717) is 48.0 Å². The Balaban J connectivity index is 1.14. The number of carbonyl (C=O) groups is 2. The van der Waals surface area contributed by atoms with Gasteiger partial charge in [-0.2, -0.15) is 4.31 Å². The molecule has 0 aromatic heterocycles. The summed E-state index contributed by atoms with van der Waals surface area (Å²) in [4.78, 5) is 25.4. The van der Waals surface area contributed by atoms with Crippen LogP contribution in [0.4, 0.5) is 0 Å². The lowest BCUT2D eigenvalue weighted by Crippen LogP contribution is -2.48. The lowest BCUT2D eigenvalue weighted by molar-refractivity contribution is -0.126. The van der Waals surface area contributed by atoms with Crippen molar-refractivity contribution in [2.24, 2.45) is 5.92 Å². The second-order valence-electron chi connectivity index (χ2n) is 9.12. The molecule has 0 unspecified atom stereocenters. The quantitative estimate of drug-likeness (QED) is 0.624. The van der Waals surface area contributed by atoms with Gasteiger partial charge >= 0.3 is 0 Å². The van der Waals surface area contributed by atoms with Crippen LogP contribution in [0.2, 0.25) is 0 Å². The number of nitrogens with one attached hydrogen (secondary N) is 2. The van der Waals surface area contributed by atoms with E-state index in [2.05, 4.69) is 10.9 Å². The van der Waals surface area contributed by atoms with Crippen molar-refractivity contribution in [1.82, 2.24) is 15.2 Å². The normalized spacial score (nSPS) is 18.4. The fraction of sp³-hybridized carbons (Fsp3) is 0.440. The first kappa shape index (κ1) is 23.6. The van der Waals surface area contributed by atoms with E-state index in [4.69, 9.17) is 9.47 Å². The molecule has 0 atom stereocenters. The molecule has 2 heterocycles. The highest BCUT2D eigenvalue weighted by molar-refractivity contribution is 7.89. The Kier molecular flexibility index (Phi) is 6.66. The van der Waals surface area contributed by atoms with Crippen LogP contribution in [-0.4, -0.2) is 50.8 Å². The largest absolute Gasteiger partial charge is 0.486 e. The predicted octanol–water partition coefficient (Wildman–Crippen LogP) is 2.20. The van der Waals surface area contributed by atoms with E-state index in [0.717, 1.165) is 31.2 Å². The molecular formula is C25H29N3O6S. The molecule has 2 amide bonds. The van der Waals surface area contributed by atoms with Gasteiger partial charge in [0.15, 0.2) is 11.5 Å². The molecule has 1 fully saturated rings. The van der Waals surface area contributed by atoms with E-state index in [9.17, 15) is 18.0 Å². The average molecular weight is 500 g/mol. The SMILES string of the molecule is O=C(NNC(=O)C1CCN(S(=O)(=O)c2ccc3c(c2)CCCC3)CC1)c1ccc2c(c1)OCCO2. The number of amides is 2. The number of carbonyl (C=O) groups excluding carboxylic acids is 2. The van der Waals surface area contributed by atoms with Gasteiger partial charge in [0.1, 0.15) is 13.2 Å². The van der Waals surface area contributed by atoms with Gasteiger partial charge < -0.3 is 9.47 Å². The van der Waals surface area contributed by atoms with Gasteiger partial charge in [0, 0.05) is 24.6 Å². The van der Waals surface area contributed by atoms with Gasteiger partial charge in [0.05, 0.1) is 4.90 Å². The third-order valence-electron chi connectivity index (χ3n) is 6.89. The zero-order valence-corrected chi connectivity index (χ0v) is 20.2. The lowest BCUT2D eigenvalue weighted by atomic mass is 9.92. The number of hydrazine groups is 1. The van der Waals surface area contributed by atoms with Crippen LogP contribution in [0.25, 0.3) is 0 Å². The third-order valence-corrected chi connectivity index (χ3v) is 8.78. The predicted molar refractivity (Wildman–Crippen MR) is 128 cm³/mol. The molecule has 0 spiro atoms. The van der Waals surface area contributed by atoms with E-state index in [1.807, 2.05) is 12.1 Å². The van der Waals surface area contributed by atoms with E-state index in [-0.39, 0.29) is 24.9 Å². The molecule has 0 bridgehead atoms. The van der Waals surface area contributed by atoms with Crippen LogP contribution in [0.15, 0.2) is 41.3 Å². The van der Waals surface area contributed by atoms with Crippen molar-refractivity contribution in [1.29, 1.82) is 0 Å². The van der Waals surface area contributed by atoms with Crippen molar-refractivity contribution in [3.8, 4) is 11.5 Å². The number of fused-ring (bicyclic) bond motifs is 2. The fourth-order valence-corrected chi connectivity index (χ4v) is 6.38. The van der Waals surface area contributed by atoms with Gasteiger partial charge in [0.2, 0.25) is 15.9 Å². The average Bonchev–Trinajstić information content (AvgIpc) is 2.91. The van der Waals surface area contributed by atoms with Crippen LogP contribution < -0.4 is 20.3 Å². The zero-order valence-electron chi connectivity index (χ0n) is 19.4. The molecule has 10 heteroatoms. The maximum Gasteiger partial charge on any atom is 0.269 e. The first-order chi connectivity index (χ1) is 16.9. The summed E-state index contributed by atoms with van der Waals surface area (Å²) in [6.07, 6.45) is 4.92. The van der Waals surface area contributed by atoms with Crippen molar-refractivity contribution in [2.45, 2.75) is 43.4 Å². The molecule has 2 aromatic rings. The number of sulfonamides is 1. The zero-order chi connectivity index (χ0) is 24.4. The van der Waals surface area contributed by atoms with Crippen molar-refractivity contribution in [3.05, 3.63) is 53.1 Å². The minimum absolute atomic E-state index is 0.258. The van der Waals surface area contributed by atoms with E-state index < -0.39 is 15.9 Å². The molecular weight excluding hydrogens is 470 g/mol. The molecule has 1 saturated heterocycles. The van der Waals surface area contributed by atoms with Crippen LogP contribution in [-0.2, 0) is 27.7 Å². The van der Waals surface area contributed by atoms with Crippen LogP contribution in [0.3, 0.4) is 0 Å². The fourth-order valence-electron chi connectivity index (χ4n) is 4.85. The monoisotopic (exact) mass is 499 g/mol. The second-order valence-corrected chi connectivity index (χ2v) is 11.1. The Hall–Kier alpha value is -3.11. The molecule has 1 aliphatic carbocycles. The van der Waals surface area contributed by atoms with Gasteiger partial charge in [-0.3, -0.25) is 20.4 Å². The maximum absolute atomic E-state index is 13.2. The number of hydrogen-bond acceptors (Lipinski definition) is 6. The number of aryl methyl sites for hydroxylation is 2. The van der Waals surface area contributed by atoms with E-state index in [1.165, 1.54) is 9.87 Å². The Bertz CT molecular complexity index is 1240. The molecule has 2 aliphatic heterocycles. The molecule has 2 aromatic carbocycles. The first-order valence-electron chi connectivity index (χ1n) is 12.0. The number of benzene rings is 2. The van der Waals surface area contributed by atoms with Gasteiger partial charge in [-0.05, 0) is 80.0 Å². The summed E-state index contributed by atoms with van der Waals surface area (Å²) in [6, 6.07) is 10.3. The molecule has 186 valence electrons. The summed E-state index contributed by atoms with van der Waals surface area (Å²) in [5.41, 5.74) is 7.60. The topological polar surface area (TPSA) is 114 Å². The van der Waals surface area contributed by atoms with Crippen LogP contribution in [0.5, 0.6) is 11.5 Å². The van der Waals surface area contributed by atoms with Crippen molar-refractivity contribution >= 4 is 21.8 Å². The molecule has 0 saturated carbocycles. The highest BCUT2D eigenvalue weighted by atomic mass is 32.2. The number of hydrogen-bond donors (Lipinski definition) is 2. The summed E-state index contributed by atoms with van der Waals surface area (Å²) in [5.74, 6) is -0.119. The van der Waals surface area contributed by atoms with Crippen molar-refractivity contribution in [3.63, 3.8) is 0 Å².